The summed E-state index contributed by atoms with van der Waals surface area (Å²) in [7, 11) is -4.14. The molecule has 0 aliphatic carbocycles. The van der Waals surface area contributed by atoms with Crippen molar-refractivity contribution in [1.82, 2.24) is 0 Å². The van der Waals surface area contributed by atoms with Crippen molar-refractivity contribution < 1.29 is 13.0 Å². The Morgan fingerprint density at radius 2 is 1.50 bits per heavy atom. The van der Waals surface area contributed by atoms with E-state index in [9.17, 15) is 13.0 Å². The molecule has 0 aliphatic rings. The third kappa shape index (κ3) is 7.11. The van der Waals surface area contributed by atoms with Crippen LogP contribution >= 0.6 is 11.3 Å². The first-order valence-electron chi connectivity index (χ1n) is 8.30. The van der Waals surface area contributed by atoms with Crippen LogP contribution in [-0.2, 0) is 16.5 Å². The maximum Gasteiger partial charge on any atom is 0.304 e. The van der Waals surface area contributed by atoms with Gasteiger partial charge in [0.2, 0.25) is 0 Å². The molecule has 0 spiro atoms. The molecule has 1 heterocycles. The molecule has 1 aromatic heterocycles. The Morgan fingerprint density at radius 1 is 1.00 bits per heavy atom. The van der Waals surface area contributed by atoms with Crippen LogP contribution < -0.4 is 5.73 Å². The summed E-state index contributed by atoms with van der Waals surface area (Å²) in [4.78, 5) is 0. The highest BCUT2D eigenvalue weighted by Gasteiger charge is 2.19. The van der Waals surface area contributed by atoms with E-state index in [1.54, 1.807) is 5.38 Å². The van der Waals surface area contributed by atoms with E-state index in [2.05, 4.69) is 6.92 Å². The molecule has 0 fully saturated rings. The second-order valence-electron chi connectivity index (χ2n) is 5.86. The first kappa shape index (κ1) is 19.5. The molecule has 0 radical (unpaired) electrons. The Bertz CT molecular complexity index is 523. The summed E-state index contributed by atoms with van der Waals surface area (Å²) in [6, 6.07) is 0. The smallest absolute Gasteiger partial charge is 0.304 e. The molecule has 1 rings (SSSR count). The SMILES string of the molecule is CCCCCCCCCCCCc1c(N)csc1S(=O)(=O)O. The van der Waals surface area contributed by atoms with Crippen molar-refractivity contribution in [1.29, 1.82) is 0 Å². The lowest BCUT2D eigenvalue weighted by atomic mass is 10.0. The predicted octanol–water partition coefficient (Wildman–Crippen LogP) is 5.04. The summed E-state index contributed by atoms with van der Waals surface area (Å²) >= 11 is 1.00. The average molecular weight is 348 g/mol. The van der Waals surface area contributed by atoms with E-state index in [4.69, 9.17) is 5.73 Å². The highest BCUT2D eigenvalue weighted by molar-refractivity contribution is 7.88. The van der Waals surface area contributed by atoms with Crippen LogP contribution in [0.25, 0.3) is 0 Å². The summed E-state index contributed by atoms with van der Waals surface area (Å²) in [6.45, 7) is 2.23. The van der Waals surface area contributed by atoms with Crippen LogP contribution in [0.5, 0.6) is 0 Å². The van der Waals surface area contributed by atoms with E-state index in [1.807, 2.05) is 0 Å². The molecule has 0 aromatic carbocycles. The highest BCUT2D eigenvalue weighted by atomic mass is 32.3. The van der Waals surface area contributed by atoms with Crippen LogP contribution in [0.15, 0.2) is 9.59 Å². The van der Waals surface area contributed by atoms with Crippen molar-refractivity contribution in [3.63, 3.8) is 0 Å². The molecule has 0 saturated heterocycles. The van der Waals surface area contributed by atoms with Gasteiger partial charge in [0.15, 0.2) is 4.21 Å². The molecule has 22 heavy (non-hydrogen) atoms. The predicted molar refractivity (Wildman–Crippen MR) is 94.1 cm³/mol. The van der Waals surface area contributed by atoms with Gasteiger partial charge in [-0.2, -0.15) is 8.42 Å². The minimum absolute atomic E-state index is 0.0147. The quantitative estimate of drug-likeness (QED) is 0.410. The van der Waals surface area contributed by atoms with E-state index < -0.39 is 10.1 Å². The molecule has 1 aromatic rings. The summed E-state index contributed by atoms with van der Waals surface area (Å²) in [5.41, 5.74) is 6.86. The number of hydrogen-bond donors (Lipinski definition) is 2. The van der Waals surface area contributed by atoms with Gasteiger partial charge in [-0.1, -0.05) is 64.7 Å². The molecule has 0 saturated carbocycles. The number of nitrogens with two attached hydrogens (primary N) is 1. The molecule has 6 heteroatoms. The number of hydrogen-bond acceptors (Lipinski definition) is 4. The highest BCUT2D eigenvalue weighted by Crippen LogP contribution is 2.30. The second-order valence-corrected chi connectivity index (χ2v) is 8.36. The zero-order valence-corrected chi connectivity index (χ0v) is 15.1. The van der Waals surface area contributed by atoms with Gasteiger partial charge in [0.05, 0.1) is 0 Å². The summed E-state index contributed by atoms with van der Waals surface area (Å²) in [6.07, 6.45) is 13.0. The van der Waals surface area contributed by atoms with E-state index in [-0.39, 0.29) is 4.21 Å². The maximum atomic E-state index is 11.3. The Balaban J connectivity index is 2.17. The second kappa shape index (κ2) is 10.2. The standard InChI is InChI=1S/C16H29NO3S2/c1-2-3-4-5-6-7-8-9-10-11-12-14-15(17)13-21-16(14)22(18,19)20/h13H,2-12,17H2,1H3,(H,18,19,20). The van der Waals surface area contributed by atoms with Gasteiger partial charge < -0.3 is 5.73 Å². The Labute approximate surface area is 138 Å². The fourth-order valence-corrected chi connectivity index (χ4v) is 4.53. The lowest BCUT2D eigenvalue weighted by molar-refractivity contribution is 0.484. The van der Waals surface area contributed by atoms with Gasteiger partial charge in [-0.25, -0.2) is 0 Å². The topological polar surface area (TPSA) is 80.4 Å². The van der Waals surface area contributed by atoms with Gasteiger partial charge in [0.25, 0.3) is 0 Å². The third-order valence-corrected chi connectivity index (χ3v) is 6.37. The van der Waals surface area contributed by atoms with Gasteiger partial charge in [-0.3, -0.25) is 4.55 Å². The van der Waals surface area contributed by atoms with Crippen LogP contribution in [-0.4, -0.2) is 13.0 Å². The number of rotatable bonds is 12. The summed E-state index contributed by atoms with van der Waals surface area (Å²) < 4.78 is 31.7. The minimum atomic E-state index is -4.14. The fourth-order valence-electron chi connectivity index (χ4n) is 2.63. The van der Waals surface area contributed by atoms with Crippen LogP contribution in [0, 0.1) is 0 Å². The van der Waals surface area contributed by atoms with Gasteiger partial charge >= 0.3 is 10.1 Å². The van der Waals surface area contributed by atoms with Crippen molar-refractivity contribution in [2.24, 2.45) is 0 Å². The normalized spacial score (nSPS) is 11.9. The number of nitrogen functional groups attached to an aromatic ring is 1. The summed E-state index contributed by atoms with van der Waals surface area (Å²) in [5, 5.41) is 1.59. The molecular formula is C16H29NO3S2. The first-order valence-corrected chi connectivity index (χ1v) is 10.6. The number of anilines is 1. The Hall–Kier alpha value is -0.590. The Morgan fingerprint density at radius 3 is 2.00 bits per heavy atom. The largest absolute Gasteiger partial charge is 0.398 e. The number of thiophene rings is 1. The van der Waals surface area contributed by atoms with Crippen molar-refractivity contribution in [2.45, 2.75) is 81.8 Å². The molecule has 0 atom stereocenters. The van der Waals surface area contributed by atoms with Gasteiger partial charge in [-0.05, 0) is 12.8 Å². The van der Waals surface area contributed by atoms with Crippen molar-refractivity contribution in [3.8, 4) is 0 Å². The molecule has 3 N–H and O–H groups in total. The molecule has 4 nitrogen and oxygen atoms in total. The fraction of sp³-hybridized carbons (Fsp3) is 0.750. The van der Waals surface area contributed by atoms with E-state index in [0.29, 0.717) is 17.7 Å². The number of unbranched alkanes of at least 4 members (excludes halogenated alkanes) is 9. The third-order valence-electron chi connectivity index (χ3n) is 3.90. The van der Waals surface area contributed by atoms with Crippen LogP contribution in [0.3, 0.4) is 0 Å². The van der Waals surface area contributed by atoms with Gasteiger partial charge in [0.1, 0.15) is 0 Å². The van der Waals surface area contributed by atoms with E-state index in [0.717, 1.165) is 24.2 Å². The Kier molecular flexibility index (Phi) is 9.05. The summed E-state index contributed by atoms with van der Waals surface area (Å²) in [5.74, 6) is 0. The molecular weight excluding hydrogens is 318 g/mol. The minimum Gasteiger partial charge on any atom is -0.398 e. The lowest BCUT2D eigenvalue weighted by Gasteiger charge is -2.04. The monoisotopic (exact) mass is 347 g/mol. The molecule has 0 bridgehead atoms. The van der Waals surface area contributed by atoms with Crippen LogP contribution in [0.2, 0.25) is 0 Å². The average Bonchev–Trinajstić information content (AvgIpc) is 2.82. The van der Waals surface area contributed by atoms with Gasteiger partial charge in [0, 0.05) is 16.6 Å². The zero-order valence-electron chi connectivity index (χ0n) is 13.5. The van der Waals surface area contributed by atoms with E-state index >= 15 is 0 Å². The van der Waals surface area contributed by atoms with Crippen molar-refractivity contribution in [3.05, 3.63) is 10.9 Å². The first-order chi connectivity index (χ1) is 10.5. The van der Waals surface area contributed by atoms with Crippen LogP contribution in [0.1, 0.15) is 76.7 Å². The molecule has 0 amide bonds. The molecule has 128 valence electrons. The molecule has 0 unspecified atom stereocenters. The zero-order chi connectivity index (χ0) is 16.4. The van der Waals surface area contributed by atoms with Crippen molar-refractivity contribution in [2.75, 3.05) is 5.73 Å². The lowest BCUT2D eigenvalue weighted by Crippen LogP contribution is -2.01. The van der Waals surface area contributed by atoms with Gasteiger partial charge in [-0.15, -0.1) is 11.3 Å². The van der Waals surface area contributed by atoms with Crippen LogP contribution in [0.4, 0.5) is 5.69 Å². The maximum absolute atomic E-state index is 11.3. The van der Waals surface area contributed by atoms with E-state index in [1.165, 1.54) is 51.4 Å². The van der Waals surface area contributed by atoms with Crippen molar-refractivity contribution >= 4 is 27.1 Å². The molecule has 0 aliphatic heterocycles.